The third-order valence-electron chi connectivity index (χ3n) is 4.83. The van der Waals surface area contributed by atoms with Crippen LogP contribution in [0.25, 0.3) is 0 Å². The molecule has 0 fully saturated rings. The molecule has 0 saturated heterocycles. The number of aromatic nitrogens is 2. The molecule has 0 N–H and O–H groups in total. The van der Waals surface area contributed by atoms with Crippen molar-refractivity contribution < 1.29 is 53.8 Å². The predicted octanol–water partition coefficient (Wildman–Crippen LogP) is 6.30. The first-order chi connectivity index (χ1) is 17.3. The largest absolute Gasteiger partial charge is 0.466 e. The van der Waals surface area contributed by atoms with Crippen LogP contribution in [0.5, 0.6) is 0 Å². The summed E-state index contributed by atoms with van der Waals surface area (Å²) in [5, 5.41) is -2.91. The number of esters is 1. The van der Waals surface area contributed by atoms with Gasteiger partial charge in [-0.05, 0) is 18.6 Å². The molecule has 212 valence electrons. The third-order valence-corrected chi connectivity index (χ3v) is 5.57. The maximum Gasteiger partial charge on any atom is 0.435 e. The maximum atomic E-state index is 13.7. The molecule has 0 amide bonds. The van der Waals surface area contributed by atoms with E-state index in [2.05, 4.69) is 9.72 Å². The van der Waals surface area contributed by atoms with Crippen molar-refractivity contribution in [3.8, 4) is 0 Å². The maximum absolute atomic E-state index is 13.7. The minimum absolute atomic E-state index is 0.00980. The van der Waals surface area contributed by atoms with E-state index in [-0.39, 0.29) is 23.5 Å². The fourth-order valence-corrected chi connectivity index (χ4v) is 3.78. The molecule has 0 aliphatic carbocycles. The highest BCUT2D eigenvalue weighted by atomic mass is 35.5. The number of alkyl halides is 9. The average Bonchev–Trinajstić information content (AvgIpc) is 2.78. The normalized spacial score (nSPS) is 13.4. The Labute approximate surface area is 217 Å². The van der Waals surface area contributed by atoms with Gasteiger partial charge < -0.3 is 9.47 Å². The first kappa shape index (κ1) is 31.5. The number of halogens is 11. The molecule has 2 rings (SSSR count). The Morgan fingerprint density at radius 2 is 1.58 bits per heavy atom. The van der Waals surface area contributed by atoms with Gasteiger partial charge in [-0.25, -0.2) is 9.78 Å². The molecule has 1 aromatic carbocycles. The number of anilines is 2. The molecule has 1 aromatic heterocycles. The van der Waals surface area contributed by atoms with Crippen molar-refractivity contribution in [1.82, 2.24) is 9.55 Å². The van der Waals surface area contributed by atoms with Crippen LogP contribution >= 0.6 is 23.2 Å². The van der Waals surface area contributed by atoms with Crippen LogP contribution < -0.4 is 10.5 Å². The Kier molecular flexibility index (Phi) is 9.27. The summed E-state index contributed by atoms with van der Waals surface area (Å²) in [6.07, 6.45) is -18.7. The topological polar surface area (TPSA) is 73.7 Å². The summed E-state index contributed by atoms with van der Waals surface area (Å²) in [6, 6.07) is -0.309. The molecular weight excluding hydrogens is 588 g/mol. The summed E-state index contributed by atoms with van der Waals surface area (Å²) in [7, 11) is 1.49. The van der Waals surface area contributed by atoms with Crippen molar-refractivity contribution in [1.29, 1.82) is 0 Å². The molecule has 1 unspecified atom stereocenters. The van der Waals surface area contributed by atoms with Crippen LogP contribution in [0.4, 0.5) is 51.1 Å². The molecule has 0 spiro atoms. The molecule has 1 atom stereocenters. The van der Waals surface area contributed by atoms with E-state index in [0.29, 0.717) is 4.57 Å². The van der Waals surface area contributed by atoms with Crippen LogP contribution in [0.1, 0.15) is 30.2 Å². The zero-order valence-electron chi connectivity index (χ0n) is 19.3. The summed E-state index contributed by atoms with van der Waals surface area (Å²) in [5.41, 5.74) is -8.91. The molecular formula is C20H16Cl2F9N3O4. The lowest BCUT2D eigenvalue weighted by Crippen LogP contribution is -2.44. The summed E-state index contributed by atoms with van der Waals surface area (Å²) in [6.45, 7) is 0.940. The number of methoxy groups -OCH3 is 2. The van der Waals surface area contributed by atoms with Crippen molar-refractivity contribution in [3.63, 3.8) is 0 Å². The molecule has 38 heavy (non-hydrogen) atoms. The standard InChI is InChI=1S/C20H16Cl2F9N3O4/c1-4-5-33-14(35)12(22)13(20(29,30)31)32-17(33)34(15(37-2)16(36)38-3)10-7-8(18(23,24)25)6-9(11(10)21)19(26,27)28/h6-7,15H,4-5H2,1-3H3. The van der Waals surface area contributed by atoms with Gasteiger partial charge in [0.25, 0.3) is 5.56 Å². The molecule has 0 bridgehead atoms. The van der Waals surface area contributed by atoms with Crippen molar-refractivity contribution in [2.24, 2.45) is 0 Å². The highest BCUT2D eigenvalue weighted by Crippen LogP contribution is 2.46. The number of carbonyl (C=O) groups is 1. The van der Waals surface area contributed by atoms with E-state index in [1.165, 1.54) is 6.92 Å². The van der Waals surface area contributed by atoms with Gasteiger partial charge in [0.2, 0.25) is 12.2 Å². The van der Waals surface area contributed by atoms with E-state index in [9.17, 15) is 49.1 Å². The molecule has 18 heteroatoms. The monoisotopic (exact) mass is 603 g/mol. The van der Waals surface area contributed by atoms with Gasteiger partial charge in [0.1, 0.15) is 5.02 Å². The van der Waals surface area contributed by atoms with E-state index in [4.69, 9.17) is 27.9 Å². The van der Waals surface area contributed by atoms with Crippen molar-refractivity contribution in [2.75, 3.05) is 19.1 Å². The summed E-state index contributed by atoms with van der Waals surface area (Å²) in [5.74, 6) is -2.75. The number of benzene rings is 1. The molecule has 0 radical (unpaired) electrons. The molecule has 2 aromatic rings. The van der Waals surface area contributed by atoms with Gasteiger partial charge in [0.15, 0.2) is 5.69 Å². The summed E-state index contributed by atoms with van der Waals surface area (Å²) in [4.78, 5) is 28.6. The lowest BCUT2D eigenvalue weighted by Gasteiger charge is -2.33. The van der Waals surface area contributed by atoms with Crippen LogP contribution in [0.3, 0.4) is 0 Å². The minimum Gasteiger partial charge on any atom is -0.466 e. The summed E-state index contributed by atoms with van der Waals surface area (Å²) >= 11 is 11.4. The van der Waals surface area contributed by atoms with Crippen LogP contribution in [0.2, 0.25) is 10.0 Å². The second-order valence-electron chi connectivity index (χ2n) is 7.36. The Balaban J connectivity index is 3.22. The Hall–Kier alpha value is -2.72. The van der Waals surface area contributed by atoms with Crippen LogP contribution in [0, 0.1) is 0 Å². The van der Waals surface area contributed by atoms with Gasteiger partial charge in [-0.3, -0.25) is 14.3 Å². The lowest BCUT2D eigenvalue weighted by molar-refractivity contribution is -0.151. The third kappa shape index (κ3) is 6.29. The van der Waals surface area contributed by atoms with Crippen LogP contribution in [-0.4, -0.2) is 36.0 Å². The Morgan fingerprint density at radius 3 is 2.00 bits per heavy atom. The number of hydrogen-bond acceptors (Lipinski definition) is 6. The zero-order valence-corrected chi connectivity index (χ0v) is 20.8. The number of rotatable bonds is 7. The molecule has 7 nitrogen and oxygen atoms in total. The van der Waals surface area contributed by atoms with Crippen molar-refractivity contribution >= 4 is 40.8 Å². The fourth-order valence-electron chi connectivity index (χ4n) is 3.22. The van der Waals surface area contributed by atoms with Gasteiger partial charge in [-0.1, -0.05) is 30.1 Å². The van der Waals surface area contributed by atoms with Crippen LogP contribution in [0.15, 0.2) is 16.9 Å². The van der Waals surface area contributed by atoms with E-state index in [1.54, 1.807) is 0 Å². The summed E-state index contributed by atoms with van der Waals surface area (Å²) < 4.78 is 133. The SMILES string of the molecule is CCCn1c(N(c2cc(C(F)(F)F)cc(C(F)(F)F)c2Cl)C(OC)C(=O)OC)nc(C(F)(F)F)c(Cl)c1=O. The van der Waals surface area contributed by atoms with E-state index >= 15 is 0 Å². The van der Waals surface area contributed by atoms with Crippen molar-refractivity contribution in [3.05, 3.63) is 49.4 Å². The number of nitrogens with zero attached hydrogens (tertiary/aromatic N) is 3. The Morgan fingerprint density at radius 1 is 1.00 bits per heavy atom. The van der Waals surface area contributed by atoms with Crippen molar-refractivity contribution in [2.45, 2.75) is 44.6 Å². The smallest absolute Gasteiger partial charge is 0.435 e. The predicted molar refractivity (Wildman–Crippen MR) is 115 cm³/mol. The zero-order chi connectivity index (χ0) is 29.4. The Bertz CT molecular complexity index is 1260. The van der Waals surface area contributed by atoms with Gasteiger partial charge in [0, 0.05) is 13.7 Å². The first-order valence-corrected chi connectivity index (χ1v) is 10.8. The second kappa shape index (κ2) is 11.2. The molecule has 0 saturated carbocycles. The number of hydrogen-bond donors (Lipinski definition) is 0. The number of carbonyl (C=O) groups excluding carboxylic acids is 1. The highest BCUT2D eigenvalue weighted by molar-refractivity contribution is 6.34. The molecule has 0 aliphatic heterocycles. The first-order valence-electron chi connectivity index (χ1n) is 10.1. The fraction of sp³-hybridized carbons (Fsp3) is 0.450. The van der Waals surface area contributed by atoms with Gasteiger partial charge in [-0.15, -0.1) is 0 Å². The van der Waals surface area contributed by atoms with E-state index < -0.39 is 81.3 Å². The highest BCUT2D eigenvalue weighted by Gasteiger charge is 2.44. The van der Waals surface area contributed by atoms with E-state index in [1.807, 2.05) is 0 Å². The lowest BCUT2D eigenvalue weighted by atomic mass is 10.1. The van der Waals surface area contributed by atoms with Crippen LogP contribution in [-0.2, 0) is 39.3 Å². The van der Waals surface area contributed by atoms with Gasteiger partial charge >= 0.3 is 24.5 Å². The van der Waals surface area contributed by atoms with Gasteiger partial charge in [0.05, 0.1) is 28.9 Å². The second-order valence-corrected chi connectivity index (χ2v) is 8.12. The van der Waals surface area contributed by atoms with E-state index in [0.717, 1.165) is 14.2 Å². The minimum atomic E-state index is -5.50. The average molecular weight is 604 g/mol. The molecule has 0 aliphatic rings. The quantitative estimate of drug-likeness (QED) is 0.210. The van der Waals surface area contributed by atoms with Gasteiger partial charge in [-0.2, -0.15) is 39.5 Å². The number of ether oxygens (including phenoxy) is 2. The molecule has 1 heterocycles.